The van der Waals surface area contributed by atoms with Gasteiger partial charge in [0.05, 0.1) is 12.2 Å². The van der Waals surface area contributed by atoms with E-state index in [1.165, 1.54) is 24.2 Å². The van der Waals surface area contributed by atoms with Gasteiger partial charge in [-0.2, -0.15) is 0 Å². The first-order valence-electron chi connectivity index (χ1n) is 4.06. The quantitative estimate of drug-likeness (QED) is 0.664. The molecule has 1 heterocycles. The average molecular weight is 151 g/mol. The van der Waals surface area contributed by atoms with Crippen molar-refractivity contribution in [1.82, 2.24) is 9.97 Å². The lowest BCUT2D eigenvalue weighted by atomic mass is 10.2. The van der Waals surface area contributed by atoms with Gasteiger partial charge < -0.3 is 10.7 Å². The van der Waals surface area contributed by atoms with Crippen LogP contribution in [0.1, 0.15) is 36.0 Å². The molecule has 3 heteroatoms. The molecule has 0 unspecified atom stereocenters. The number of aromatic amines is 1. The van der Waals surface area contributed by atoms with Gasteiger partial charge in [-0.3, -0.25) is 0 Å². The standard InChI is InChI=1S/C8H13N3/c1-5-8(6-2-3-6)11-7(4-9)10-5/h6H,2-4,9H2,1H3,(H,10,11). The molecular formula is C8H13N3. The summed E-state index contributed by atoms with van der Waals surface area (Å²) in [6.45, 7) is 2.59. The molecule has 3 N–H and O–H groups in total. The summed E-state index contributed by atoms with van der Waals surface area (Å²) in [5, 5.41) is 0. The molecule has 0 saturated heterocycles. The Bertz CT molecular complexity index is 260. The number of hydrogen-bond donors (Lipinski definition) is 2. The zero-order valence-electron chi connectivity index (χ0n) is 6.72. The van der Waals surface area contributed by atoms with Crippen molar-refractivity contribution < 1.29 is 0 Å². The Morgan fingerprint density at radius 2 is 2.36 bits per heavy atom. The van der Waals surface area contributed by atoms with Gasteiger partial charge in [-0.05, 0) is 19.8 Å². The van der Waals surface area contributed by atoms with E-state index in [9.17, 15) is 0 Å². The zero-order valence-corrected chi connectivity index (χ0v) is 6.72. The van der Waals surface area contributed by atoms with Crippen molar-refractivity contribution in [3.8, 4) is 0 Å². The predicted octanol–water partition coefficient (Wildman–Crippen LogP) is 1.05. The number of aryl methyl sites for hydroxylation is 1. The summed E-state index contributed by atoms with van der Waals surface area (Å²) >= 11 is 0. The third-order valence-electron chi connectivity index (χ3n) is 2.13. The third-order valence-corrected chi connectivity index (χ3v) is 2.13. The minimum Gasteiger partial charge on any atom is -0.345 e. The van der Waals surface area contributed by atoms with Crippen LogP contribution in [0.15, 0.2) is 0 Å². The van der Waals surface area contributed by atoms with Crippen LogP contribution >= 0.6 is 0 Å². The van der Waals surface area contributed by atoms with Crippen molar-refractivity contribution >= 4 is 0 Å². The van der Waals surface area contributed by atoms with Crippen molar-refractivity contribution in [2.45, 2.75) is 32.2 Å². The molecule has 1 aliphatic carbocycles. The Morgan fingerprint density at radius 3 is 2.82 bits per heavy atom. The highest BCUT2D eigenvalue weighted by molar-refractivity contribution is 5.21. The molecule has 3 nitrogen and oxygen atoms in total. The lowest BCUT2D eigenvalue weighted by Gasteiger charge is -1.89. The SMILES string of the molecule is Cc1[nH]c(CN)nc1C1CC1. The first kappa shape index (κ1) is 6.85. The maximum absolute atomic E-state index is 5.46. The smallest absolute Gasteiger partial charge is 0.120 e. The van der Waals surface area contributed by atoms with E-state index in [-0.39, 0.29) is 0 Å². The number of rotatable bonds is 2. The van der Waals surface area contributed by atoms with Crippen molar-refractivity contribution in [3.05, 3.63) is 17.2 Å². The summed E-state index contributed by atoms with van der Waals surface area (Å²) in [6, 6.07) is 0. The summed E-state index contributed by atoms with van der Waals surface area (Å²) in [6.07, 6.45) is 2.60. The first-order chi connectivity index (χ1) is 5.31. The van der Waals surface area contributed by atoms with E-state index < -0.39 is 0 Å². The molecule has 0 atom stereocenters. The molecule has 0 amide bonds. The molecular weight excluding hydrogens is 138 g/mol. The second kappa shape index (κ2) is 2.34. The second-order valence-corrected chi connectivity index (χ2v) is 3.17. The Morgan fingerprint density at radius 1 is 1.64 bits per heavy atom. The van der Waals surface area contributed by atoms with Gasteiger partial charge in [-0.1, -0.05) is 0 Å². The zero-order chi connectivity index (χ0) is 7.84. The first-order valence-corrected chi connectivity index (χ1v) is 4.06. The minimum absolute atomic E-state index is 0.521. The van der Waals surface area contributed by atoms with Crippen LogP contribution in [0.25, 0.3) is 0 Å². The maximum Gasteiger partial charge on any atom is 0.120 e. The Labute approximate surface area is 66.0 Å². The monoisotopic (exact) mass is 151 g/mol. The minimum atomic E-state index is 0.521. The molecule has 1 fully saturated rings. The fourth-order valence-electron chi connectivity index (χ4n) is 1.39. The average Bonchev–Trinajstić information content (AvgIpc) is 2.76. The summed E-state index contributed by atoms with van der Waals surface area (Å²) in [4.78, 5) is 7.59. The number of nitrogens with zero attached hydrogens (tertiary/aromatic N) is 1. The Balaban J connectivity index is 2.30. The molecule has 0 aliphatic heterocycles. The van der Waals surface area contributed by atoms with E-state index in [1.54, 1.807) is 0 Å². The molecule has 60 valence electrons. The van der Waals surface area contributed by atoms with Gasteiger partial charge in [0.15, 0.2) is 0 Å². The van der Waals surface area contributed by atoms with Crippen molar-refractivity contribution in [3.63, 3.8) is 0 Å². The van der Waals surface area contributed by atoms with Gasteiger partial charge in [-0.25, -0.2) is 4.98 Å². The Hall–Kier alpha value is -0.830. The summed E-state index contributed by atoms with van der Waals surface area (Å²) < 4.78 is 0. The second-order valence-electron chi connectivity index (χ2n) is 3.17. The van der Waals surface area contributed by atoms with Crippen molar-refractivity contribution in [2.75, 3.05) is 0 Å². The van der Waals surface area contributed by atoms with Crippen LogP contribution in [-0.2, 0) is 6.54 Å². The highest BCUT2D eigenvalue weighted by Crippen LogP contribution is 2.40. The molecule has 0 spiro atoms. The topological polar surface area (TPSA) is 54.7 Å². The van der Waals surface area contributed by atoms with Crippen LogP contribution in [0.4, 0.5) is 0 Å². The highest BCUT2D eigenvalue weighted by atomic mass is 15.0. The molecule has 0 bridgehead atoms. The Kier molecular flexibility index (Phi) is 1.46. The predicted molar refractivity (Wildman–Crippen MR) is 43.2 cm³/mol. The molecule has 0 aromatic carbocycles. The van der Waals surface area contributed by atoms with Gasteiger partial charge >= 0.3 is 0 Å². The number of nitrogens with one attached hydrogen (secondary N) is 1. The summed E-state index contributed by atoms with van der Waals surface area (Å²) in [7, 11) is 0. The van der Waals surface area contributed by atoms with Gasteiger partial charge in [0, 0.05) is 11.6 Å². The van der Waals surface area contributed by atoms with E-state index in [0.717, 1.165) is 11.7 Å². The van der Waals surface area contributed by atoms with Gasteiger partial charge in [0.1, 0.15) is 5.82 Å². The number of H-pyrrole nitrogens is 1. The summed E-state index contributed by atoms with van der Waals surface area (Å²) in [5.41, 5.74) is 7.90. The lowest BCUT2D eigenvalue weighted by molar-refractivity contribution is 0.928. The number of aromatic nitrogens is 2. The van der Waals surface area contributed by atoms with Crippen LogP contribution in [0.3, 0.4) is 0 Å². The van der Waals surface area contributed by atoms with E-state index in [4.69, 9.17) is 5.73 Å². The van der Waals surface area contributed by atoms with E-state index in [1.807, 2.05) is 0 Å². The largest absolute Gasteiger partial charge is 0.345 e. The molecule has 11 heavy (non-hydrogen) atoms. The van der Waals surface area contributed by atoms with Crippen molar-refractivity contribution in [2.24, 2.45) is 5.73 Å². The molecule has 1 saturated carbocycles. The highest BCUT2D eigenvalue weighted by Gasteiger charge is 2.27. The summed E-state index contributed by atoms with van der Waals surface area (Å²) in [5.74, 6) is 1.65. The molecule has 1 aromatic heterocycles. The number of imidazole rings is 1. The van der Waals surface area contributed by atoms with E-state index in [2.05, 4.69) is 16.9 Å². The molecule has 1 aliphatic rings. The number of nitrogens with two attached hydrogens (primary N) is 1. The third kappa shape index (κ3) is 1.16. The molecule has 0 radical (unpaired) electrons. The lowest BCUT2D eigenvalue weighted by Crippen LogP contribution is -1.98. The van der Waals surface area contributed by atoms with Gasteiger partial charge in [-0.15, -0.1) is 0 Å². The normalized spacial score (nSPS) is 17.3. The van der Waals surface area contributed by atoms with Gasteiger partial charge in [0.25, 0.3) is 0 Å². The van der Waals surface area contributed by atoms with E-state index >= 15 is 0 Å². The number of hydrogen-bond acceptors (Lipinski definition) is 2. The van der Waals surface area contributed by atoms with Crippen molar-refractivity contribution in [1.29, 1.82) is 0 Å². The fourth-order valence-corrected chi connectivity index (χ4v) is 1.39. The maximum atomic E-state index is 5.46. The molecule has 1 aromatic rings. The van der Waals surface area contributed by atoms with Crippen LogP contribution in [0, 0.1) is 6.92 Å². The van der Waals surface area contributed by atoms with Crippen LogP contribution in [-0.4, -0.2) is 9.97 Å². The molecule has 2 rings (SSSR count). The van der Waals surface area contributed by atoms with Crippen LogP contribution in [0.2, 0.25) is 0 Å². The fraction of sp³-hybridized carbons (Fsp3) is 0.625. The van der Waals surface area contributed by atoms with E-state index in [0.29, 0.717) is 6.54 Å². The van der Waals surface area contributed by atoms with Crippen LogP contribution < -0.4 is 5.73 Å². The van der Waals surface area contributed by atoms with Gasteiger partial charge in [0.2, 0.25) is 0 Å². The van der Waals surface area contributed by atoms with Crippen LogP contribution in [0.5, 0.6) is 0 Å².